The van der Waals surface area contributed by atoms with Crippen LogP contribution in [0, 0.1) is 11.3 Å². The number of nitriles is 1. The van der Waals surface area contributed by atoms with Crippen LogP contribution in [0.5, 0.6) is 0 Å². The zero-order valence-corrected chi connectivity index (χ0v) is 20.6. The molecule has 0 aromatic heterocycles. The van der Waals surface area contributed by atoms with Crippen molar-refractivity contribution in [2.45, 2.75) is 24.3 Å². The van der Waals surface area contributed by atoms with Gasteiger partial charge in [-0.3, -0.25) is 4.79 Å². The van der Waals surface area contributed by atoms with Crippen molar-refractivity contribution in [2.75, 3.05) is 7.11 Å². The molecular formula is C32H28N2O3. The summed E-state index contributed by atoms with van der Waals surface area (Å²) >= 11 is 0. The van der Waals surface area contributed by atoms with Crippen molar-refractivity contribution in [3.8, 4) is 6.07 Å². The Kier molecular flexibility index (Phi) is 8.12. The lowest BCUT2D eigenvalue weighted by Crippen LogP contribution is -2.46. The second-order valence-electron chi connectivity index (χ2n) is 8.80. The second kappa shape index (κ2) is 11.8. The van der Waals surface area contributed by atoms with E-state index < -0.39 is 17.4 Å². The fourth-order valence-electron chi connectivity index (χ4n) is 4.82. The Morgan fingerprint density at radius 3 is 1.70 bits per heavy atom. The number of carbonyl (C=O) groups excluding carboxylic acids is 2. The number of nitrogens with one attached hydrogen (secondary N) is 1. The molecule has 0 radical (unpaired) electrons. The normalized spacial score (nSPS) is 11.7. The molecule has 0 unspecified atom stereocenters. The van der Waals surface area contributed by atoms with Gasteiger partial charge in [0.05, 0.1) is 24.2 Å². The van der Waals surface area contributed by atoms with Crippen LogP contribution >= 0.6 is 0 Å². The van der Waals surface area contributed by atoms with Crippen LogP contribution in [-0.2, 0) is 26.2 Å². The molecule has 0 saturated heterocycles. The summed E-state index contributed by atoms with van der Waals surface area (Å²) in [6.07, 6.45) is 0.218. The molecule has 5 heteroatoms. The Hall–Kier alpha value is -4.69. The number of benzene rings is 4. The molecule has 0 bridgehead atoms. The summed E-state index contributed by atoms with van der Waals surface area (Å²) in [6.45, 7) is 0. The number of nitrogens with zero attached hydrogens (tertiary/aromatic N) is 1. The third-order valence-corrected chi connectivity index (χ3v) is 6.61. The lowest BCUT2D eigenvalue weighted by atomic mass is 9.67. The van der Waals surface area contributed by atoms with Crippen molar-refractivity contribution >= 4 is 11.9 Å². The quantitative estimate of drug-likeness (QED) is 0.260. The third kappa shape index (κ3) is 5.60. The van der Waals surface area contributed by atoms with E-state index in [1.165, 1.54) is 7.11 Å². The van der Waals surface area contributed by atoms with Crippen LogP contribution in [-0.4, -0.2) is 25.0 Å². The maximum absolute atomic E-state index is 13.8. The highest BCUT2D eigenvalue weighted by atomic mass is 16.5. The van der Waals surface area contributed by atoms with Gasteiger partial charge in [0.1, 0.15) is 6.04 Å². The number of rotatable bonds is 9. The van der Waals surface area contributed by atoms with E-state index in [9.17, 15) is 14.9 Å². The number of esters is 1. The lowest BCUT2D eigenvalue weighted by Gasteiger charge is -2.36. The largest absolute Gasteiger partial charge is 0.467 e. The van der Waals surface area contributed by atoms with E-state index in [1.54, 1.807) is 24.3 Å². The van der Waals surface area contributed by atoms with Gasteiger partial charge in [-0.1, -0.05) is 109 Å². The van der Waals surface area contributed by atoms with Gasteiger partial charge in [0, 0.05) is 12.8 Å². The molecule has 0 heterocycles. The highest BCUT2D eigenvalue weighted by Gasteiger charge is 2.39. The Bertz CT molecular complexity index is 1280. The van der Waals surface area contributed by atoms with Gasteiger partial charge in [-0.05, 0) is 28.3 Å². The van der Waals surface area contributed by atoms with Gasteiger partial charge in [-0.25, -0.2) is 4.79 Å². The first-order chi connectivity index (χ1) is 18.1. The molecule has 0 aliphatic heterocycles. The first-order valence-electron chi connectivity index (χ1n) is 12.1. The monoisotopic (exact) mass is 488 g/mol. The van der Waals surface area contributed by atoms with Gasteiger partial charge in [0.25, 0.3) is 0 Å². The van der Waals surface area contributed by atoms with Gasteiger partial charge in [0.15, 0.2) is 0 Å². The molecule has 1 amide bonds. The molecule has 4 aromatic rings. The maximum atomic E-state index is 13.8. The summed E-state index contributed by atoms with van der Waals surface area (Å²) in [4.78, 5) is 26.5. The van der Waals surface area contributed by atoms with Gasteiger partial charge < -0.3 is 10.1 Å². The van der Waals surface area contributed by atoms with Crippen molar-refractivity contribution in [2.24, 2.45) is 0 Å². The van der Waals surface area contributed by atoms with E-state index >= 15 is 0 Å². The second-order valence-corrected chi connectivity index (χ2v) is 8.80. The van der Waals surface area contributed by atoms with Crippen LogP contribution in [0.4, 0.5) is 0 Å². The summed E-state index contributed by atoms with van der Waals surface area (Å²) in [5.41, 5.74) is 3.23. The van der Waals surface area contributed by atoms with E-state index in [0.717, 1.165) is 16.7 Å². The summed E-state index contributed by atoms with van der Waals surface area (Å²) < 4.78 is 5.01. The molecule has 0 saturated carbocycles. The molecule has 1 N–H and O–H groups in total. The average Bonchev–Trinajstić information content (AvgIpc) is 2.96. The van der Waals surface area contributed by atoms with Crippen molar-refractivity contribution in [1.82, 2.24) is 5.32 Å². The van der Waals surface area contributed by atoms with Crippen molar-refractivity contribution < 1.29 is 14.3 Å². The smallest absolute Gasteiger partial charge is 0.328 e. The van der Waals surface area contributed by atoms with E-state index in [2.05, 4.69) is 11.4 Å². The highest BCUT2D eigenvalue weighted by molar-refractivity contribution is 5.86. The van der Waals surface area contributed by atoms with E-state index in [-0.39, 0.29) is 18.7 Å². The van der Waals surface area contributed by atoms with E-state index in [1.807, 2.05) is 91.0 Å². The van der Waals surface area contributed by atoms with Crippen molar-refractivity contribution in [1.29, 1.82) is 5.26 Å². The minimum absolute atomic E-state index is 0.0679. The van der Waals surface area contributed by atoms with Gasteiger partial charge in [0.2, 0.25) is 5.91 Å². The van der Waals surface area contributed by atoms with Crippen LogP contribution in [0.25, 0.3) is 0 Å². The Balaban J connectivity index is 1.75. The summed E-state index contributed by atoms with van der Waals surface area (Å²) in [6, 6.07) is 38.0. The number of amides is 1. The average molecular weight is 489 g/mol. The number of hydrogen-bond donors (Lipinski definition) is 1. The first-order valence-corrected chi connectivity index (χ1v) is 12.1. The fourth-order valence-corrected chi connectivity index (χ4v) is 4.82. The maximum Gasteiger partial charge on any atom is 0.328 e. The molecular weight excluding hydrogens is 460 g/mol. The van der Waals surface area contributed by atoms with E-state index in [4.69, 9.17) is 4.74 Å². The van der Waals surface area contributed by atoms with Crippen LogP contribution in [0.15, 0.2) is 115 Å². The van der Waals surface area contributed by atoms with E-state index in [0.29, 0.717) is 11.1 Å². The standard InChI is InChI=1S/C32H28N2O3/c1-37-31(36)29(21-24-13-11-12-14-25(24)23-33)34-30(35)22-32(26-15-5-2-6-16-26,27-17-7-3-8-18-27)28-19-9-4-10-20-28/h2-20,29H,21-22H2,1H3,(H,34,35)/t29-/m0/s1. The van der Waals surface area contributed by atoms with Gasteiger partial charge >= 0.3 is 5.97 Å². The molecule has 4 aromatic carbocycles. The first kappa shape index (κ1) is 25.4. The van der Waals surface area contributed by atoms with Crippen LogP contribution in [0.3, 0.4) is 0 Å². The SMILES string of the molecule is COC(=O)[C@H](Cc1ccccc1C#N)NC(=O)CC(c1ccccc1)(c1ccccc1)c1ccccc1. The number of carbonyl (C=O) groups is 2. The highest BCUT2D eigenvalue weighted by Crippen LogP contribution is 2.42. The van der Waals surface area contributed by atoms with Gasteiger partial charge in [-0.15, -0.1) is 0 Å². The topological polar surface area (TPSA) is 79.2 Å². The summed E-state index contributed by atoms with van der Waals surface area (Å²) in [5.74, 6) is -0.868. The molecule has 4 rings (SSSR count). The molecule has 0 fully saturated rings. The predicted octanol–water partition coefficient (Wildman–Crippen LogP) is 5.18. The Morgan fingerprint density at radius 1 is 0.784 bits per heavy atom. The molecule has 37 heavy (non-hydrogen) atoms. The Labute approximate surface area is 217 Å². The molecule has 0 spiro atoms. The summed E-state index contributed by atoms with van der Waals surface area (Å²) in [5, 5.41) is 12.4. The van der Waals surface area contributed by atoms with Crippen molar-refractivity contribution in [3.05, 3.63) is 143 Å². The minimum atomic E-state index is -0.938. The predicted molar refractivity (Wildman–Crippen MR) is 143 cm³/mol. The molecule has 184 valence electrons. The summed E-state index contributed by atoms with van der Waals surface area (Å²) in [7, 11) is 1.29. The Morgan fingerprint density at radius 2 is 1.24 bits per heavy atom. The third-order valence-electron chi connectivity index (χ3n) is 6.61. The number of hydrogen-bond acceptors (Lipinski definition) is 4. The zero-order chi connectivity index (χ0) is 26.1. The lowest BCUT2D eigenvalue weighted by molar-refractivity contribution is -0.145. The van der Waals surface area contributed by atoms with Crippen molar-refractivity contribution in [3.63, 3.8) is 0 Å². The molecule has 5 nitrogen and oxygen atoms in total. The van der Waals surface area contributed by atoms with Crippen LogP contribution < -0.4 is 5.32 Å². The molecule has 0 aliphatic carbocycles. The fraction of sp³-hybridized carbons (Fsp3) is 0.156. The van der Waals surface area contributed by atoms with Crippen LogP contribution in [0.1, 0.15) is 34.2 Å². The number of methoxy groups -OCH3 is 1. The van der Waals surface area contributed by atoms with Gasteiger partial charge in [-0.2, -0.15) is 5.26 Å². The zero-order valence-electron chi connectivity index (χ0n) is 20.6. The minimum Gasteiger partial charge on any atom is -0.467 e. The van der Waals surface area contributed by atoms with Crippen LogP contribution in [0.2, 0.25) is 0 Å². The molecule has 0 aliphatic rings. The number of ether oxygens (including phenoxy) is 1. The molecule has 1 atom stereocenters.